The molecule has 3 rings (SSSR count). The molecular formula is C25H33N3O3S. The van der Waals surface area contributed by atoms with Gasteiger partial charge in [-0.05, 0) is 62.8 Å². The molecule has 2 aromatic rings. The number of nitrogens with zero attached hydrogens (tertiary/aromatic N) is 2. The van der Waals surface area contributed by atoms with E-state index in [1.807, 2.05) is 37.8 Å². The van der Waals surface area contributed by atoms with Crippen LogP contribution in [0, 0.1) is 13.8 Å². The Kier molecular flexibility index (Phi) is 7.96. The molecule has 1 N–H and O–H groups in total. The Morgan fingerprint density at radius 2 is 2.12 bits per heavy atom. The van der Waals surface area contributed by atoms with Crippen molar-refractivity contribution < 1.29 is 14.3 Å². The molecule has 32 heavy (non-hydrogen) atoms. The highest BCUT2D eigenvalue weighted by Gasteiger charge is 2.33. The molecule has 1 aromatic carbocycles. The zero-order valence-electron chi connectivity index (χ0n) is 19.4. The summed E-state index contributed by atoms with van der Waals surface area (Å²) < 4.78 is 6.19. The van der Waals surface area contributed by atoms with Gasteiger partial charge in [-0.25, -0.2) is 4.79 Å². The molecule has 7 heteroatoms. The predicted molar refractivity (Wildman–Crippen MR) is 129 cm³/mol. The lowest BCUT2D eigenvalue weighted by Crippen LogP contribution is -2.50. The molecule has 2 heterocycles. The molecule has 0 saturated carbocycles. The molecule has 1 aromatic heterocycles. The normalized spacial score (nSPS) is 15.3. The number of carbonyl (C=O) groups excluding carboxylic acids is 2. The third kappa shape index (κ3) is 5.71. The number of fused-ring (bicyclic) bond motifs is 1. The summed E-state index contributed by atoms with van der Waals surface area (Å²) in [7, 11) is 0. The molecule has 0 radical (unpaired) electrons. The van der Waals surface area contributed by atoms with E-state index in [0.717, 1.165) is 23.3 Å². The summed E-state index contributed by atoms with van der Waals surface area (Å²) in [5.74, 6) is 0.742. The van der Waals surface area contributed by atoms with Crippen LogP contribution < -0.4 is 10.1 Å². The zero-order valence-corrected chi connectivity index (χ0v) is 20.2. The largest absolute Gasteiger partial charge is 0.491 e. The van der Waals surface area contributed by atoms with Gasteiger partial charge in [0.15, 0.2) is 0 Å². The number of hydrogen-bond donors (Lipinski definition) is 1. The van der Waals surface area contributed by atoms with Crippen LogP contribution in [0.2, 0.25) is 0 Å². The molecular weight excluding hydrogens is 422 g/mol. The molecule has 3 amide bonds. The van der Waals surface area contributed by atoms with Gasteiger partial charge in [0.05, 0.1) is 6.04 Å². The summed E-state index contributed by atoms with van der Waals surface area (Å²) in [5.41, 5.74) is 3.40. The van der Waals surface area contributed by atoms with Crippen molar-refractivity contribution in [2.45, 2.75) is 46.2 Å². The number of benzene rings is 1. The number of thiophene rings is 1. The Morgan fingerprint density at radius 1 is 1.34 bits per heavy atom. The van der Waals surface area contributed by atoms with Crippen LogP contribution >= 0.6 is 11.3 Å². The van der Waals surface area contributed by atoms with Crippen LogP contribution in [0.3, 0.4) is 0 Å². The van der Waals surface area contributed by atoms with Crippen molar-refractivity contribution in [2.75, 3.05) is 26.2 Å². The van der Waals surface area contributed by atoms with Gasteiger partial charge in [-0.15, -0.1) is 17.9 Å². The Labute approximate surface area is 194 Å². The maximum atomic E-state index is 13.4. The van der Waals surface area contributed by atoms with Crippen molar-refractivity contribution in [1.82, 2.24) is 15.1 Å². The zero-order chi connectivity index (χ0) is 23.3. The first kappa shape index (κ1) is 23.9. The summed E-state index contributed by atoms with van der Waals surface area (Å²) in [6.07, 6.45) is 2.46. The molecule has 6 nitrogen and oxygen atoms in total. The molecule has 1 aliphatic heterocycles. The minimum Gasteiger partial charge on any atom is -0.491 e. The van der Waals surface area contributed by atoms with Crippen molar-refractivity contribution in [1.29, 1.82) is 0 Å². The van der Waals surface area contributed by atoms with E-state index in [1.165, 1.54) is 15.3 Å². The lowest BCUT2D eigenvalue weighted by Gasteiger charge is -2.37. The van der Waals surface area contributed by atoms with E-state index >= 15 is 0 Å². The molecule has 172 valence electrons. The van der Waals surface area contributed by atoms with E-state index in [2.05, 4.69) is 36.3 Å². The predicted octanol–water partition coefficient (Wildman–Crippen LogP) is 4.48. The molecule has 0 aliphatic carbocycles. The summed E-state index contributed by atoms with van der Waals surface area (Å²) >= 11 is 1.72. The van der Waals surface area contributed by atoms with Crippen molar-refractivity contribution in [2.24, 2.45) is 0 Å². The van der Waals surface area contributed by atoms with Crippen LogP contribution in [-0.2, 0) is 11.2 Å². The maximum Gasteiger partial charge on any atom is 0.318 e. The number of aryl methyl sites for hydroxylation is 2. The van der Waals surface area contributed by atoms with Gasteiger partial charge in [-0.3, -0.25) is 4.79 Å². The van der Waals surface area contributed by atoms with Crippen LogP contribution in [0.1, 0.15) is 41.5 Å². The minimum absolute atomic E-state index is 0.00407. The highest BCUT2D eigenvalue weighted by Crippen LogP contribution is 2.34. The molecule has 1 unspecified atom stereocenters. The van der Waals surface area contributed by atoms with Gasteiger partial charge in [0.25, 0.3) is 0 Å². The van der Waals surface area contributed by atoms with E-state index in [-0.39, 0.29) is 30.6 Å². The lowest BCUT2D eigenvalue weighted by molar-refractivity contribution is -0.135. The van der Waals surface area contributed by atoms with Gasteiger partial charge in [0.2, 0.25) is 5.91 Å². The number of hydrogen-bond acceptors (Lipinski definition) is 4. The van der Waals surface area contributed by atoms with Crippen LogP contribution in [0.4, 0.5) is 4.79 Å². The number of ether oxygens (including phenoxy) is 1. The number of nitrogens with one attached hydrogen (secondary N) is 1. The first-order valence-electron chi connectivity index (χ1n) is 11.0. The topological polar surface area (TPSA) is 61.9 Å². The standard InChI is InChI=1S/C25H33N3O3S/c1-6-11-27(25(30)26-17(2)3)15-24(29)28-12-9-23-20(10-13-32-23)21(28)16-31-22-8-7-18(4)14-19(22)5/h6-8,10,13-14,17,21H,1,9,11-12,15-16H2,2-5H3,(H,26,30). The van der Waals surface area contributed by atoms with Crippen LogP contribution in [0.25, 0.3) is 0 Å². The second kappa shape index (κ2) is 10.7. The Balaban J connectivity index is 1.77. The summed E-state index contributed by atoms with van der Waals surface area (Å²) in [6, 6.07) is 7.74. The Morgan fingerprint density at radius 3 is 2.81 bits per heavy atom. The van der Waals surface area contributed by atoms with Gasteiger partial charge < -0.3 is 19.9 Å². The monoisotopic (exact) mass is 455 g/mol. The van der Waals surface area contributed by atoms with E-state index in [1.54, 1.807) is 17.4 Å². The summed E-state index contributed by atoms with van der Waals surface area (Å²) in [5, 5.41) is 4.93. The Bertz CT molecular complexity index is 969. The van der Waals surface area contributed by atoms with Crippen LogP contribution in [-0.4, -0.2) is 54.0 Å². The van der Waals surface area contributed by atoms with E-state index in [9.17, 15) is 9.59 Å². The van der Waals surface area contributed by atoms with Crippen LogP contribution in [0.15, 0.2) is 42.3 Å². The van der Waals surface area contributed by atoms with Gasteiger partial charge in [-0.1, -0.05) is 23.8 Å². The number of carbonyl (C=O) groups is 2. The van der Waals surface area contributed by atoms with Crippen molar-refractivity contribution in [3.05, 3.63) is 63.9 Å². The second-order valence-electron chi connectivity index (χ2n) is 8.51. The molecule has 1 atom stereocenters. The van der Waals surface area contributed by atoms with E-state index in [0.29, 0.717) is 19.7 Å². The van der Waals surface area contributed by atoms with Gasteiger partial charge in [0, 0.05) is 24.0 Å². The third-order valence-electron chi connectivity index (χ3n) is 5.52. The fraction of sp³-hybridized carbons (Fsp3) is 0.440. The van der Waals surface area contributed by atoms with Crippen LogP contribution in [0.5, 0.6) is 5.75 Å². The lowest BCUT2D eigenvalue weighted by atomic mass is 10.00. The number of rotatable bonds is 8. The fourth-order valence-corrected chi connectivity index (χ4v) is 4.90. The molecule has 0 saturated heterocycles. The average molecular weight is 456 g/mol. The second-order valence-corrected chi connectivity index (χ2v) is 9.51. The smallest absolute Gasteiger partial charge is 0.318 e. The van der Waals surface area contributed by atoms with E-state index < -0.39 is 0 Å². The minimum atomic E-state index is -0.260. The van der Waals surface area contributed by atoms with E-state index in [4.69, 9.17) is 4.74 Å². The first-order valence-corrected chi connectivity index (χ1v) is 11.9. The quantitative estimate of drug-likeness (QED) is 0.597. The fourth-order valence-electron chi connectivity index (χ4n) is 3.97. The first-order chi connectivity index (χ1) is 15.3. The molecule has 0 spiro atoms. The summed E-state index contributed by atoms with van der Waals surface area (Å²) in [4.78, 5) is 30.6. The number of urea groups is 1. The maximum absolute atomic E-state index is 13.4. The van der Waals surface area contributed by atoms with Crippen molar-refractivity contribution in [3.63, 3.8) is 0 Å². The van der Waals surface area contributed by atoms with Gasteiger partial charge >= 0.3 is 6.03 Å². The SMILES string of the molecule is C=CCN(CC(=O)N1CCc2sccc2C1COc1ccc(C)cc1C)C(=O)NC(C)C. The Hall–Kier alpha value is -2.80. The highest BCUT2D eigenvalue weighted by atomic mass is 32.1. The van der Waals surface area contributed by atoms with Crippen molar-refractivity contribution >= 4 is 23.3 Å². The summed E-state index contributed by atoms with van der Waals surface area (Å²) in [6.45, 7) is 12.9. The van der Waals surface area contributed by atoms with Gasteiger partial charge in [-0.2, -0.15) is 0 Å². The molecule has 1 aliphatic rings. The highest BCUT2D eigenvalue weighted by molar-refractivity contribution is 7.10. The molecule has 0 fully saturated rings. The third-order valence-corrected chi connectivity index (χ3v) is 6.51. The molecule has 0 bridgehead atoms. The van der Waals surface area contributed by atoms with Gasteiger partial charge in [0.1, 0.15) is 18.9 Å². The van der Waals surface area contributed by atoms with Crippen molar-refractivity contribution in [3.8, 4) is 5.75 Å². The number of amides is 3. The average Bonchev–Trinajstić information content (AvgIpc) is 3.21.